The second-order valence-electron chi connectivity index (χ2n) is 4.92. The van der Waals surface area contributed by atoms with Gasteiger partial charge in [0.05, 0.1) is 15.7 Å². The van der Waals surface area contributed by atoms with Gasteiger partial charge >= 0.3 is 6.36 Å². The first kappa shape index (κ1) is 15.4. The predicted octanol–water partition coefficient (Wildman–Crippen LogP) is 3.31. The van der Waals surface area contributed by atoms with E-state index in [1.54, 1.807) is 12.3 Å². The fourth-order valence-electron chi connectivity index (χ4n) is 2.54. The molecule has 1 N–H and O–H groups in total. The molecule has 0 amide bonds. The van der Waals surface area contributed by atoms with Gasteiger partial charge in [0, 0.05) is 43.8 Å². The number of nitrogens with one attached hydrogen (secondary N) is 1. The number of benzene rings is 1. The van der Waals surface area contributed by atoms with Crippen LogP contribution in [0.3, 0.4) is 0 Å². The van der Waals surface area contributed by atoms with Gasteiger partial charge in [0.1, 0.15) is 5.75 Å². The fourth-order valence-corrected chi connectivity index (χ4v) is 3.11. The fraction of sp³-hybridized carbons (Fsp3) is 0.357. The normalized spacial score (nSPS) is 16.1. The summed E-state index contributed by atoms with van der Waals surface area (Å²) in [6.07, 6.45) is -3.10. The first-order chi connectivity index (χ1) is 10.4. The van der Waals surface area contributed by atoms with Crippen LogP contribution in [-0.4, -0.2) is 37.5 Å². The van der Waals surface area contributed by atoms with E-state index in [4.69, 9.17) is 0 Å². The zero-order chi connectivity index (χ0) is 15.7. The molecule has 1 saturated heterocycles. The predicted molar refractivity (Wildman–Crippen MR) is 81.2 cm³/mol. The average Bonchev–Trinajstić information content (AvgIpc) is 2.46. The van der Waals surface area contributed by atoms with Crippen LogP contribution in [0.4, 0.5) is 18.9 Å². The number of ether oxygens (including phenoxy) is 1. The van der Waals surface area contributed by atoms with Crippen LogP contribution in [0.1, 0.15) is 0 Å². The third kappa shape index (κ3) is 3.27. The van der Waals surface area contributed by atoms with Crippen molar-refractivity contribution >= 4 is 32.5 Å². The Morgan fingerprint density at radius 3 is 2.64 bits per heavy atom. The Morgan fingerprint density at radius 2 is 1.95 bits per heavy atom. The van der Waals surface area contributed by atoms with E-state index in [1.807, 2.05) is 0 Å². The molecule has 1 aromatic carbocycles. The Morgan fingerprint density at radius 1 is 1.23 bits per heavy atom. The maximum absolute atomic E-state index is 12.3. The van der Waals surface area contributed by atoms with Gasteiger partial charge in [-0.1, -0.05) is 0 Å². The largest absolute Gasteiger partial charge is 0.573 e. The molecule has 0 radical (unpaired) electrons. The van der Waals surface area contributed by atoms with Gasteiger partial charge < -0.3 is 15.0 Å². The Hall–Kier alpha value is -1.54. The highest BCUT2D eigenvalue weighted by Crippen LogP contribution is 2.35. The Kier molecular flexibility index (Phi) is 4.14. The van der Waals surface area contributed by atoms with E-state index in [1.165, 1.54) is 12.1 Å². The van der Waals surface area contributed by atoms with Gasteiger partial charge in [-0.05, 0) is 28.1 Å². The molecule has 22 heavy (non-hydrogen) atoms. The van der Waals surface area contributed by atoms with E-state index in [0.29, 0.717) is 5.52 Å². The summed E-state index contributed by atoms with van der Waals surface area (Å²) >= 11 is 3.48. The number of hydrogen-bond acceptors (Lipinski definition) is 4. The molecule has 3 rings (SSSR count). The minimum Gasteiger partial charge on any atom is -0.406 e. The smallest absolute Gasteiger partial charge is 0.406 e. The van der Waals surface area contributed by atoms with Crippen molar-refractivity contribution in [1.29, 1.82) is 0 Å². The van der Waals surface area contributed by atoms with E-state index in [0.717, 1.165) is 41.7 Å². The van der Waals surface area contributed by atoms with Gasteiger partial charge in [-0.15, -0.1) is 13.2 Å². The lowest BCUT2D eigenvalue weighted by molar-refractivity contribution is -0.274. The molecule has 8 heteroatoms. The standard InChI is InChI=1S/C14H13BrF3N3O/c15-11-8-20-12-7-9(22-14(16,17)18)1-2-10(12)13(11)21-5-3-19-4-6-21/h1-2,7-8,19H,3-6H2. The SMILES string of the molecule is FC(F)(F)Oc1ccc2c(N3CCNCC3)c(Br)cnc2c1. The van der Waals surface area contributed by atoms with E-state index < -0.39 is 6.36 Å². The number of piperazine rings is 1. The number of halogens is 4. The van der Waals surface area contributed by atoms with Crippen molar-refractivity contribution in [3.63, 3.8) is 0 Å². The number of nitrogens with zero attached hydrogens (tertiary/aromatic N) is 2. The van der Waals surface area contributed by atoms with Crippen LogP contribution >= 0.6 is 15.9 Å². The molecular weight excluding hydrogens is 363 g/mol. The summed E-state index contributed by atoms with van der Waals surface area (Å²) in [6.45, 7) is 3.40. The van der Waals surface area contributed by atoms with Gasteiger partial charge in [-0.3, -0.25) is 4.98 Å². The quantitative estimate of drug-likeness (QED) is 0.873. The molecular formula is C14H13BrF3N3O. The molecule has 0 atom stereocenters. The second kappa shape index (κ2) is 5.92. The first-order valence-electron chi connectivity index (χ1n) is 6.74. The molecule has 0 bridgehead atoms. The zero-order valence-electron chi connectivity index (χ0n) is 11.5. The molecule has 0 aliphatic carbocycles. The van der Waals surface area contributed by atoms with Gasteiger partial charge in [0.2, 0.25) is 0 Å². The van der Waals surface area contributed by atoms with Gasteiger partial charge in [-0.2, -0.15) is 0 Å². The monoisotopic (exact) mass is 375 g/mol. The van der Waals surface area contributed by atoms with E-state index in [-0.39, 0.29) is 5.75 Å². The van der Waals surface area contributed by atoms with Crippen molar-refractivity contribution in [2.45, 2.75) is 6.36 Å². The highest BCUT2D eigenvalue weighted by atomic mass is 79.9. The zero-order valence-corrected chi connectivity index (χ0v) is 13.0. The number of anilines is 1. The van der Waals surface area contributed by atoms with Crippen LogP contribution < -0.4 is 15.0 Å². The van der Waals surface area contributed by atoms with E-state index in [9.17, 15) is 13.2 Å². The van der Waals surface area contributed by atoms with E-state index in [2.05, 4.69) is 35.9 Å². The third-order valence-corrected chi connectivity index (χ3v) is 4.01. The van der Waals surface area contributed by atoms with Crippen molar-refractivity contribution in [3.8, 4) is 5.75 Å². The summed E-state index contributed by atoms with van der Waals surface area (Å²) in [5.74, 6) is -0.263. The van der Waals surface area contributed by atoms with E-state index >= 15 is 0 Å². The summed E-state index contributed by atoms with van der Waals surface area (Å²) in [5.41, 5.74) is 1.42. The van der Waals surface area contributed by atoms with Crippen molar-refractivity contribution in [2.75, 3.05) is 31.1 Å². The molecule has 2 aromatic rings. The summed E-state index contributed by atoms with van der Waals surface area (Å²) in [5, 5.41) is 4.07. The summed E-state index contributed by atoms with van der Waals surface area (Å²) in [6, 6.07) is 4.24. The average molecular weight is 376 g/mol. The summed E-state index contributed by atoms with van der Waals surface area (Å²) in [4.78, 5) is 6.38. The molecule has 1 aliphatic heterocycles. The number of hydrogen-bond donors (Lipinski definition) is 1. The Bertz CT molecular complexity index is 687. The molecule has 4 nitrogen and oxygen atoms in total. The van der Waals surface area contributed by atoms with Crippen LogP contribution in [0.25, 0.3) is 10.9 Å². The molecule has 1 fully saturated rings. The molecule has 1 aromatic heterocycles. The minimum absolute atomic E-state index is 0.263. The molecule has 0 saturated carbocycles. The maximum atomic E-state index is 12.3. The van der Waals surface area contributed by atoms with Crippen LogP contribution in [-0.2, 0) is 0 Å². The topological polar surface area (TPSA) is 37.4 Å². The summed E-state index contributed by atoms with van der Waals surface area (Å²) < 4.78 is 41.7. The summed E-state index contributed by atoms with van der Waals surface area (Å²) in [7, 11) is 0. The molecule has 2 heterocycles. The van der Waals surface area contributed by atoms with Crippen LogP contribution in [0.2, 0.25) is 0 Å². The number of rotatable bonds is 2. The van der Waals surface area contributed by atoms with Crippen molar-refractivity contribution in [1.82, 2.24) is 10.3 Å². The van der Waals surface area contributed by atoms with Crippen LogP contribution in [0.5, 0.6) is 5.75 Å². The van der Waals surface area contributed by atoms with Crippen LogP contribution in [0.15, 0.2) is 28.9 Å². The third-order valence-electron chi connectivity index (χ3n) is 3.43. The molecule has 1 aliphatic rings. The van der Waals surface area contributed by atoms with Crippen molar-refractivity contribution in [2.24, 2.45) is 0 Å². The van der Waals surface area contributed by atoms with Gasteiger partial charge in [0.15, 0.2) is 0 Å². The van der Waals surface area contributed by atoms with Crippen molar-refractivity contribution < 1.29 is 17.9 Å². The lowest BCUT2D eigenvalue weighted by Crippen LogP contribution is -2.43. The highest BCUT2D eigenvalue weighted by Gasteiger charge is 2.31. The second-order valence-corrected chi connectivity index (χ2v) is 5.77. The highest BCUT2D eigenvalue weighted by molar-refractivity contribution is 9.10. The number of fused-ring (bicyclic) bond motifs is 1. The molecule has 118 valence electrons. The first-order valence-corrected chi connectivity index (χ1v) is 7.53. The maximum Gasteiger partial charge on any atom is 0.573 e. The Balaban J connectivity index is 2.03. The number of pyridine rings is 1. The van der Waals surface area contributed by atoms with Gasteiger partial charge in [0.25, 0.3) is 0 Å². The molecule has 0 spiro atoms. The Labute approximate surface area is 133 Å². The van der Waals surface area contributed by atoms with Crippen LogP contribution in [0, 0.1) is 0 Å². The van der Waals surface area contributed by atoms with Gasteiger partial charge in [-0.25, -0.2) is 0 Å². The minimum atomic E-state index is -4.70. The lowest BCUT2D eigenvalue weighted by Gasteiger charge is -2.31. The lowest BCUT2D eigenvalue weighted by atomic mass is 10.1. The van der Waals surface area contributed by atoms with Crippen molar-refractivity contribution in [3.05, 3.63) is 28.9 Å². The number of aromatic nitrogens is 1. The number of alkyl halides is 3. The molecule has 0 unspecified atom stereocenters.